The Morgan fingerprint density at radius 3 is 2.75 bits per heavy atom. The first kappa shape index (κ1) is 11.4. The predicted molar refractivity (Wildman–Crippen MR) is 62.5 cm³/mol. The highest BCUT2D eigenvalue weighted by atomic mass is 19.1. The average molecular weight is 223 g/mol. The summed E-state index contributed by atoms with van der Waals surface area (Å²) in [7, 11) is 0. The summed E-state index contributed by atoms with van der Waals surface area (Å²) in [6.07, 6.45) is 6.36. The van der Waals surface area contributed by atoms with E-state index in [4.69, 9.17) is 10.5 Å². The summed E-state index contributed by atoms with van der Waals surface area (Å²) >= 11 is 0. The molecule has 2 N–H and O–H groups in total. The second kappa shape index (κ2) is 5.30. The Hall–Kier alpha value is -1.09. The number of nitrogens with two attached hydrogens (primary N) is 1. The summed E-state index contributed by atoms with van der Waals surface area (Å²) in [4.78, 5) is 0. The van der Waals surface area contributed by atoms with Gasteiger partial charge >= 0.3 is 0 Å². The van der Waals surface area contributed by atoms with Gasteiger partial charge in [-0.25, -0.2) is 4.39 Å². The van der Waals surface area contributed by atoms with Gasteiger partial charge in [-0.2, -0.15) is 0 Å². The highest BCUT2D eigenvalue weighted by Gasteiger charge is 2.14. The molecule has 1 aliphatic rings. The maximum absolute atomic E-state index is 13.0. The average Bonchev–Trinajstić information content (AvgIpc) is 2.32. The lowest BCUT2D eigenvalue weighted by Gasteiger charge is -2.22. The van der Waals surface area contributed by atoms with E-state index in [1.807, 2.05) is 0 Å². The van der Waals surface area contributed by atoms with Gasteiger partial charge in [0.25, 0.3) is 0 Å². The molecule has 1 aromatic carbocycles. The number of hydrogen-bond acceptors (Lipinski definition) is 2. The van der Waals surface area contributed by atoms with E-state index >= 15 is 0 Å². The summed E-state index contributed by atoms with van der Waals surface area (Å²) in [5, 5.41) is 0. The van der Waals surface area contributed by atoms with Crippen molar-refractivity contribution < 1.29 is 9.13 Å². The number of rotatable bonds is 3. The SMILES string of the molecule is Nc1ccc(F)cc1COC1CCCCC1. The molecule has 2 nitrogen and oxygen atoms in total. The molecule has 0 radical (unpaired) electrons. The zero-order chi connectivity index (χ0) is 11.4. The molecule has 1 fully saturated rings. The van der Waals surface area contributed by atoms with Crippen molar-refractivity contribution >= 4 is 5.69 Å². The van der Waals surface area contributed by atoms with Crippen LogP contribution in [0.1, 0.15) is 37.7 Å². The van der Waals surface area contributed by atoms with Crippen molar-refractivity contribution in [1.82, 2.24) is 0 Å². The molecule has 2 rings (SSSR count). The Balaban J connectivity index is 1.90. The molecule has 1 saturated carbocycles. The molecule has 0 aliphatic heterocycles. The smallest absolute Gasteiger partial charge is 0.123 e. The molecule has 16 heavy (non-hydrogen) atoms. The van der Waals surface area contributed by atoms with Crippen molar-refractivity contribution in [2.45, 2.75) is 44.8 Å². The van der Waals surface area contributed by atoms with Gasteiger partial charge in [-0.1, -0.05) is 19.3 Å². The third-order valence-corrected chi connectivity index (χ3v) is 3.13. The lowest BCUT2D eigenvalue weighted by atomic mass is 9.98. The third-order valence-electron chi connectivity index (χ3n) is 3.13. The molecular weight excluding hydrogens is 205 g/mol. The van der Waals surface area contributed by atoms with E-state index in [1.54, 1.807) is 6.07 Å². The first-order valence-corrected chi connectivity index (χ1v) is 5.91. The minimum atomic E-state index is -0.253. The second-order valence-electron chi connectivity index (χ2n) is 4.41. The fraction of sp³-hybridized carbons (Fsp3) is 0.538. The largest absolute Gasteiger partial charge is 0.398 e. The highest BCUT2D eigenvalue weighted by molar-refractivity contribution is 5.46. The minimum Gasteiger partial charge on any atom is -0.398 e. The molecular formula is C13H18FNO. The predicted octanol–water partition coefficient (Wildman–Crippen LogP) is 3.26. The van der Waals surface area contributed by atoms with E-state index in [-0.39, 0.29) is 5.82 Å². The van der Waals surface area contributed by atoms with Crippen molar-refractivity contribution in [1.29, 1.82) is 0 Å². The van der Waals surface area contributed by atoms with Crippen LogP contribution in [0.15, 0.2) is 18.2 Å². The minimum absolute atomic E-state index is 0.253. The van der Waals surface area contributed by atoms with Crippen LogP contribution in [-0.2, 0) is 11.3 Å². The van der Waals surface area contributed by atoms with E-state index in [1.165, 1.54) is 31.4 Å². The van der Waals surface area contributed by atoms with Crippen LogP contribution in [0, 0.1) is 5.82 Å². The molecule has 1 aromatic rings. The Morgan fingerprint density at radius 2 is 2.00 bits per heavy atom. The van der Waals surface area contributed by atoms with Crippen LogP contribution in [0.5, 0.6) is 0 Å². The Kier molecular flexibility index (Phi) is 3.78. The van der Waals surface area contributed by atoms with Gasteiger partial charge in [-0.3, -0.25) is 0 Å². The van der Waals surface area contributed by atoms with Gasteiger partial charge in [-0.05, 0) is 31.0 Å². The normalized spacial score (nSPS) is 17.6. The van der Waals surface area contributed by atoms with Gasteiger partial charge < -0.3 is 10.5 Å². The van der Waals surface area contributed by atoms with Crippen molar-refractivity contribution in [3.05, 3.63) is 29.6 Å². The van der Waals surface area contributed by atoms with Crippen LogP contribution in [0.3, 0.4) is 0 Å². The summed E-state index contributed by atoms with van der Waals surface area (Å²) in [6, 6.07) is 4.42. The number of nitrogen functional groups attached to an aromatic ring is 1. The molecule has 0 amide bonds. The standard InChI is InChI=1S/C13H18FNO/c14-11-6-7-13(15)10(8-11)9-16-12-4-2-1-3-5-12/h6-8,12H,1-5,9,15H2. The lowest BCUT2D eigenvalue weighted by molar-refractivity contribution is 0.0170. The molecule has 0 unspecified atom stereocenters. The topological polar surface area (TPSA) is 35.2 Å². The molecule has 0 bridgehead atoms. The van der Waals surface area contributed by atoms with Crippen molar-refractivity contribution in [3.63, 3.8) is 0 Å². The van der Waals surface area contributed by atoms with Crippen molar-refractivity contribution in [3.8, 4) is 0 Å². The maximum atomic E-state index is 13.0. The fourth-order valence-corrected chi connectivity index (χ4v) is 2.14. The van der Waals surface area contributed by atoms with Gasteiger partial charge in [0.05, 0.1) is 12.7 Å². The molecule has 0 atom stereocenters. The van der Waals surface area contributed by atoms with E-state index in [0.29, 0.717) is 18.4 Å². The Bertz CT molecular complexity index is 348. The summed E-state index contributed by atoms with van der Waals surface area (Å²) in [6.45, 7) is 0.425. The van der Waals surface area contributed by atoms with Crippen LogP contribution in [0.25, 0.3) is 0 Å². The molecule has 3 heteroatoms. The van der Waals surface area contributed by atoms with Gasteiger partial charge in [0.15, 0.2) is 0 Å². The molecule has 0 heterocycles. The Labute approximate surface area is 95.6 Å². The van der Waals surface area contributed by atoms with Gasteiger partial charge in [0.2, 0.25) is 0 Å². The number of halogens is 1. The first-order valence-electron chi connectivity index (χ1n) is 5.91. The number of hydrogen-bond donors (Lipinski definition) is 1. The van der Waals surface area contributed by atoms with E-state index in [0.717, 1.165) is 18.4 Å². The number of anilines is 1. The van der Waals surface area contributed by atoms with E-state index < -0.39 is 0 Å². The molecule has 0 aromatic heterocycles. The highest BCUT2D eigenvalue weighted by Crippen LogP contribution is 2.22. The van der Waals surface area contributed by atoms with Crippen LogP contribution >= 0.6 is 0 Å². The quantitative estimate of drug-likeness (QED) is 0.798. The summed E-state index contributed by atoms with van der Waals surface area (Å²) < 4.78 is 18.8. The molecule has 1 aliphatic carbocycles. The number of ether oxygens (including phenoxy) is 1. The summed E-state index contributed by atoms with van der Waals surface area (Å²) in [5.74, 6) is -0.253. The van der Waals surface area contributed by atoms with Crippen LogP contribution in [0.4, 0.5) is 10.1 Å². The van der Waals surface area contributed by atoms with Crippen LogP contribution in [-0.4, -0.2) is 6.10 Å². The van der Waals surface area contributed by atoms with Gasteiger partial charge in [0.1, 0.15) is 5.82 Å². The number of benzene rings is 1. The van der Waals surface area contributed by atoms with Crippen LogP contribution in [0.2, 0.25) is 0 Å². The second-order valence-corrected chi connectivity index (χ2v) is 4.41. The fourth-order valence-electron chi connectivity index (χ4n) is 2.14. The van der Waals surface area contributed by atoms with Crippen molar-refractivity contribution in [2.24, 2.45) is 0 Å². The Morgan fingerprint density at radius 1 is 1.25 bits per heavy atom. The first-order chi connectivity index (χ1) is 7.75. The van der Waals surface area contributed by atoms with E-state index in [9.17, 15) is 4.39 Å². The maximum Gasteiger partial charge on any atom is 0.123 e. The van der Waals surface area contributed by atoms with E-state index in [2.05, 4.69) is 0 Å². The van der Waals surface area contributed by atoms with Crippen molar-refractivity contribution in [2.75, 3.05) is 5.73 Å². The lowest BCUT2D eigenvalue weighted by Crippen LogP contribution is -2.16. The molecule has 88 valence electrons. The summed E-state index contributed by atoms with van der Waals surface area (Å²) in [5.41, 5.74) is 7.12. The molecule has 0 spiro atoms. The van der Waals surface area contributed by atoms with Gasteiger partial charge in [-0.15, -0.1) is 0 Å². The zero-order valence-corrected chi connectivity index (χ0v) is 9.42. The zero-order valence-electron chi connectivity index (χ0n) is 9.42. The van der Waals surface area contributed by atoms with Crippen LogP contribution < -0.4 is 5.73 Å². The molecule has 0 saturated heterocycles. The monoisotopic (exact) mass is 223 g/mol. The third kappa shape index (κ3) is 2.95. The van der Waals surface area contributed by atoms with Gasteiger partial charge in [0, 0.05) is 11.3 Å².